The standard InChI is InChI=1S/C16H19N3O2/c1-11-12-5-3-4-6-13(12)14(18-17-11)19-9-7-16(2,8-10-19)15(20)21/h3-6H,7-10H2,1-2H3,(H,20,21). The van der Waals surface area contributed by atoms with Crippen molar-refractivity contribution in [3.05, 3.63) is 30.0 Å². The predicted octanol–water partition coefficient (Wildman–Crippen LogP) is 2.63. The lowest BCUT2D eigenvalue weighted by Gasteiger charge is -2.37. The molecule has 1 fully saturated rings. The van der Waals surface area contributed by atoms with Crippen LogP contribution in [0.3, 0.4) is 0 Å². The maximum Gasteiger partial charge on any atom is 0.309 e. The van der Waals surface area contributed by atoms with Crippen LogP contribution in [0.5, 0.6) is 0 Å². The highest BCUT2D eigenvalue weighted by molar-refractivity contribution is 5.93. The molecule has 0 spiro atoms. The molecular weight excluding hydrogens is 266 g/mol. The highest BCUT2D eigenvalue weighted by Crippen LogP contribution is 2.34. The molecule has 3 rings (SSSR count). The summed E-state index contributed by atoms with van der Waals surface area (Å²) < 4.78 is 0. The summed E-state index contributed by atoms with van der Waals surface area (Å²) in [7, 11) is 0. The van der Waals surface area contributed by atoms with Crippen molar-refractivity contribution in [1.82, 2.24) is 10.2 Å². The number of fused-ring (bicyclic) bond motifs is 1. The monoisotopic (exact) mass is 285 g/mol. The molecule has 0 radical (unpaired) electrons. The van der Waals surface area contributed by atoms with Crippen LogP contribution in [0.4, 0.5) is 5.82 Å². The molecule has 5 nitrogen and oxygen atoms in total. The van der Waals surface area contributed by atoms with Gasteiger partial charge in [0.05, 0.1) is 11.1 Å². The molecule has 5 heteroatoms. The van der Waals surface area contributed by atoms with Gasteiger partial charge in [0.15, 0.2) is 5.82 Å². The predicted molar refractivity (Wildman–Crippen MR) is 81.5 cm³/mol. The molecule has 1 aromatic heterocycles. The summed E-state index contributed by atoms with van der Waals surface area (Å²) in [6.45, 7) is 5.18. The Morgan fingerprint density at radius 3 is 2.43 bits per heavy atom. The van der Waals surface area contributed by atoms with E-state index in [0.717, 1.165) is 22.3 Å². The van der Waals surface area contributed by atoms with Crippen LogP contribution in [0, 0.1) is 12.3 Å². The number of hydrogen-bond acceptors (Lipinski definition) is 4. The molecule has 0 atom stereocenters. The first-order valence-corrected chi connectivity index (χ1v) is 7.22. The van der Waals surface area contributed by atoms with Gasteiger partial charge >= 0.3 is 5.97 Å². The molecule has 1 N–H and O–H groups in total. The molecule has 2 heterocycles. The highest BCUT2D eigenvalue weighted by atomic mass is 16.4. The molecule has 0 unspecified atom stereocenters. The number of hydrogen-bond donors (Lipinski definition) is 1. The van der Waals surface area contributed by atoms with Crippen LogP contribution in [0.2, 0.25) is 0 Å². The number of aromatic nitrogens is 2. The van der Waals surface area contributed by atoms with Gasteiger partial charge in [-0.25, -0.2) is 0 Å². The summed E-state index contributed by atoms with van der Waals surface area (Å²) >= 11 is 0. The Balaban J connectivity index is 1.93. The molecular formula is C16H19N3O2. The minimum absolute atomic E-state index is 0.621. The van der Waals surface area contributed by atoms with Crippen molar-refractivity contribution in [1.29, 1.82) is 0 Å². The Hall–Kier alpha value is -2.17. The van der Waals surface area contributed by atoms with Gasteiger partial charge in [-0.2, -0.15) is 5.10 Å². The zero-order chi connectivity index (χ0) is 15.0. The lowest BCUT2D eigenvalue weighted by molar-refractivity contribution is -0.149. The number of carboxylic acids is 1. The van der Waals surface area contributed by atoms with E-state index in [-0.39, 0.29) is 0 Å². The maximum atomic E-state index is 11.3. The Morgan fingerprint density at radius 2 is 1.81 bits per heavy atom. The summed E-state index contributed by atoms with van der Waals surface area (Å²) in [5.74, 6) is 0.158. The summed E-state index contributed by atoms with van der Waals surface area (Å²) in [6, 6.07) is 8.10. The summed E-state index contributed by atoms with van der Waals surface area (Å²) in [4.78, 5) is 13.5. The van der Waals surface area contributed by atoms with Crippen LogP contribution in [0.15, 0.2) is 24.3 Å². The first-order valence-electron chi connectivity index (χ1n) is 7.22. The fraction of sp³-hybridized carbons (Fsp3) is 0.438. The minimum atomic E-state index is -0.706. The van der Waals surface area contributed by atoms with Gasteiger partial charge in [0.25, 0.3) is 0 Å². The second-order valence-corrected chi connectivity index (χ2v) is 6.01. The van der Waals surface area contributed by atoms with Gasteiger partial charge in [-0.1, -0.05) is 24.3 Å². The number of aliphatic carboxylic acids is 1. The summed E-state index contributed by atoms with van der Waals surface area (Å²) in [5.41, 5.74) is 0.298. The van der Waals surface area contributed by atoms with Crippen LogP contribution in [-0.2, 0) is 4.79 Å². The Bertz CT molecular complexity index is 691. The van der Waals surface area contributed by atoms with Crippen molar-refractivity contribution in [3.63, 3.8) is 0 Å². The lowest BCUT2D eigenvalue weighted by Crippen LogP contribution is -2.43. The zero-order valence-electron chi connectivity index (χ0n) is 12.3. The molecule has 0 amide bonds. The SMILES string of the molecule is Cc1nnc(N2CCC(C)(C(=O)O)CC2)c2ccccc12. The Labute approximate surface area is 123 Å². The molecule has 1 aliphatic rings. The minimum Gasteiger partial charge on any atom is -0.481 e. The van der Waals surface area contributed by atoms with E-state index >= 15 is 0 Å². The van der Waals surface area contributed by atoms with Crippen molar-refractivity contribution >= 4 is 22.6 Å². The molecule has 110 valence electrons. The van der Waals surface area contributed by atoms with Crippen LogP contribution < -0.4 is 4.90 Å². The number of nitrogens with zero attached hydrogens (tertiary/aromatic N) is 3. The largest absolute Gasteiger partial charge is 0.481 e. The first kappa shape index (κ1) is 13.8. The van der Waals surface area contributed by atoms with Crippen molar-refractivity contribution in [2.24, 2.45) is 5.41 Å². The second kappa shape index (κ2) is 4.98. The van der Waals surface area contributed by atoms with Crippen molar-refractivity contribution < 1.29 is 9.90 Å². The molecule has 21 heavy (non-hydrogen) atoms. The van der Waals surface area contributed by atoms with Crippen LogP contribution >= 0.6 is 0 Å². The van der Waals surface area contributed by atoms with E-state index in [1.165, 1.54) is 0 Å². The third-order valence-electron chi connectivity index (χ3n) is 4.54. The van der Waals surface area contributed by atoms with Crippen LogP contribution in [-0.4, -0.2) is 34.4 Å². The van der Waals surface area contributed by atoms with Gasteiger partial charge in [0, 0.05) is 23.9 Å². The Morgan fingerprint density at radius 1 is 1.19 bits per heavy atom. The normalized spacial score (nSPS) is 17.9. The number of aryl methyl sites for hydroxylation is 1. The fourth-order valence-electron chi connectivity index (χ4n) is 2.88. The molecule has 1 aromatic carbocycles. The van der Waals surface area contributed by atoms with E-state index in [1.807, 2.05) is 32.0 Å². The molecule has 0 saturated carbocycles. The fourth-order valence-corrected chi connectivity index (χ4v) is 2.88. The van der Waals surface area contributed by atoms with Gasteiger partial charge in [0.2, 0.25) is 0 Å². The lowest BCUT2D eigenvalue weighted by atomic mass is 9.80. The van der Waals surface area contributed by atoms with Crippen molar-refractivity contribution in [2.45, 2.75) is 26.7 Å². The van der Waals surface area contributed by atoms with Crippen LogP contribution in [0.25, 0.3) is 10.8 Å². The van der Waals surface area contributed by atoms with E-state index in [1.54, 1.807) is 0 Å². The van der Waals surface area contributed by atoms with Gasteiger partial charge in [-0.05, 0) is 26.7 Å². The number of benzene rings is 1. The van der Waals surface area contributed by atoms with Gasteiger partial charge in [-0.3, -0.25) is 4.79 Å². The van der Waals surface area contributed by atoms with Crippen molar-refractivity contribution in [2.75, 3.05) is 18.0 Å². The molecule has 0 bridgehead atoms. The quantitative estimate of drug-likeness (QED) is 0.918. The van der Waals surface area contributed by atoms with E-state index in [4.69, 9.17) is 0 Å². The third-order valence-corrected chi connectivity index (χ3v) is 4.54. The second-order valence-electron chi connectivity index (χ2n) is 6.01. The van der Waals surface area contributed by atoms with E-state index in [9.17, 15) is 9.90 Å². The van der Waals surface area contributed by atoms with Gasteiger partial charge in [0.1, 0.15) is 0 Å². The molecule has 1 aliphatic heterocycles. The zero-order valence-corrected chi connectivity index (χ0v) is 12.3. The molecule has 0 aliphatic carbocycles. The highest BCUT2D eigenvalue weighted by Gasteiger charge is 2.37. The van der Waals surface area contributed by atoms with E-state index < -0.39 is 11.4 Å². The van der Waals surface area contributed by atoms with Crippen LogP contribution in [0.1, 0.15) is 25.5 Å². The summed E-state index contributed by atoms with van der Waals surface area (Å²) in [5, 5.41) is 20.1. The number of carboxylic acid groups (broad SMARTS) is 1. The molecule has 1 saturated heterocycles. The summed E-state index contributed by atoms with van der Waals surface area (Å²) in [6.07, 6.45) is 1.26. The maximum absolute atomic E-state index is 11.3. The number of rotatable bonds is 2. The average Bonchev–Trinajstić information content (AvgIpc) is 2.49. The van der Waals surface area contributed by atoms with Gasteiger partial charge in [-0.15, -0.1) is 5.10 Å². The van der Waals surface area contributed by atoms with Crippen molar-refractivity contribution in [3.8, 4) is 0 Å². The number of anilines is 1. The number of piperidine rings is 1. The topological polar surface area (TPSA) is 66.3 Å². The third kappa shape index (κ3) is 2.33. The smallest absolute Gasteiger partial charge is 0.309 e. The van der Waals surface area contributed by atoms with E-state index in [0.29, 0.717) is 25.9 Å². The first-order chi connectivity index (χ1) is 10.0. The average molecular weight is 285 g/mol. The van der Waals surface area contributed by atoms with E-state index in [2.05, 4.69) is 21.2 Å². The number of carbonyl (C=O) groups is 1. The van der Waals surface area contributed by atoms with Gasteiger partial charge < -0.3 is 10.0 Å². The molecule has 2 aromatic rings. The Kier molecular flexibility index (Phi) is 3.27.